The first-order valence-electron chi connectivity index (χ1n) is 3.01. The van der Waals surface area contributed by atoms with Crippen LogP contribution < -0.4 is 5.32 Å². The van der Waals surface area contributed by atoms with Crippen LogP contribution in [0.5, 0.6) is 0 Å². The summed E-state index contributed by atoms with van der Waals surface area (Å²) in [6.07, 6.45) is -0.201. The van der Waals surface area contributed by atoms with Gasteiger partial charge in [-0.2, -0.15) is 0 Å². The van der Waals surface area contributed by atoms with E-state index < -0.39 is 6.09 Å². The molecule has 0 spiro atoms. The number of nitrogens with one attached hydrogen (secondary N) is 1. The van der Waals surface area contributed by atoms with E-state index >= 15 is 0 Å². The third-order valence-corrected chi connectivity index (χ3v) is 1.43. The molecule has 0 saturated carbocycles. The second-order valence-corrected chi connectivity index (χ2v) is 2.66. The zero-order valence-corrected chi connectivity index (χ0v) is 7.40. The first kappa shape index (κ1) is 10.4. The summed E-state index contributed by atoms with van der Waals surface area (Å²) in [5.41, 5.74) is 0.435. The van der Waals surface area contributed by atoms with Gasteiger partial charge in [0.05, 0.1) is 6.33 Å². The highest BCUT2D eigenvalue weighted by atomic mass is 79.9. The van der Waals surface area contributed by atoms with E-state index in [1.807, 2.05) is 0 Å². The SMILES string of the molecule is O=C(O)NC/C(=C/F)CCBr. The van der Waals surface area contributed by atoms with Gasteiger partial charge in [0.15, 0.2) is 0 Å². The maximum atomic E-state index is 11.9. The molecule has 0 atom stereocenters. The number of hydrogen-bond donors (Lipinski definition) is 2. The van der Waals surface area contributed by atoms with Crippen LogP contribution in [0.3, 0.4) is 0 Å². The largest absolute Gasteiger partial charge is 0.465 e. The summed E-state index contributed by atoms with van der Waals surface area (Å²) in [5.74, 6) is 0. The average Bonchev–Trinajstić information content (AvgIpc) is 1.97. The molecule has 64 valence electrons. The first-order chi connectivity index (χ1) is 5.20. The highest BCUT2D eigenvalue weighted by Gasteiger charge is 1.98. The molecule has 0 rings (SSSR count). The van der Waals surface area contributed by atoms with Crippen LogP contribution in [0.2, 0.25) is 0 Å². The second-order valence-electron chi connectivity index (χ2n) is 1.87. The fourth-order valence-corrected chi connectivity index (χ4v) is 1.00. The highest BCUT2D eigenvalue weighted by molar-refractivity contribution is 9.09. The van der Waals surface area contributed by atoms with Crippen LogP contribution in [0.4, 0.5) is 9.18 Å². The Morgan fingerprint density at radius 1 is 1.73 bits per heavy atom. The Morgan fingerprint density at radius 3 is 2.73 bits per heavy atom. The molecule has 0 aromatic carbocycles. The van der Waals surface area contributed by atoms with Gasteiger partial charge in [-0.05, 0) is 12.0 Å². The maximum absolute atomic E-state index is 11.9. The number of carboxylic acid groups (broad SMARTS) is 1. The minimum atomic E-state index is -1.14. The highest BCUT2D eigenvalue weighted by Crippen LogP contribution is 2.02. The van der Waals surface area contributed by atoms with Gasteiger partial charge in [-0.15, -0.1) is 0 Å². The van der Waals surface area contributed by atoms with Crippen molar-refractivity contribution in [2.75, 3.05) is 11.9 Å². The Bertz CT molecular complexity index is 161. The Labute approximate surface area is 72.4 Å². The molecule has 0 aliphatic heterocycles. The van der Waals surface area contributed by atoms with Crippen molar-refractivity contribution >= 4 is 22.0 Å². The molecular weight excluding hydrogens is 217 g/mol. The van der Waals surface area contributed by atoms with Crippen molar-refractivity contribution in [1.82, 2.24) is 5.32 Å². The Morgan fingerprint density at radius 2 is 2.36 bits per heavy atom. The van der Waals surface area contributed by atoms with Crippen LogP contribution in [-0.2, 0) is 0 Å². The number of carbonyl (C=O) groups is 1. The third-order valence-electron chi connectivity index (χ3n) is 1.04. The van der Waals surface area contributed by atoms with Crippen molar-refractivity contribution in [3.63, 3.8) is 0 Å². The lowest BCUT2D eigenvalue weighted by Crippen LogP contribution is -2.23. The topological polar surface area (TPSA) is 49.3 Å². The summed E-state index contributed by atoms with van der Waals surface area (Å²) < 4.78 is 11.9. The van der Waals surface area contributed by atoms with Gasteiger partial charge in [-0.1, -0.05) is 15.9 Å². The maximum Gasteiger partial charge on any atom is 0.404 e. The van der Waals surface area contributed by atoms with Crippen LogP contribution in [0, 0.1) is 0 Å². The Kier molecular flexibility index (Phi) is 5.83. The molecule has 0 aromatic rings. The summed E-state index contributed by atoms with van der Waals surface area (Å²) >= 11 is 3.12. The minimum absolute atomic E-state index is 0.0530. The molecule has 5 heteroatoms. The van der Waals surface area contributed by atoms with Crippen molar-refractivity contribution in [3.8, 4) is 0 Å². The molecule has 0 aliphatic carbocycles. The van der Waals surface area contributed by atoms with Crippen LogP contribution >= 0.6 is 15.9 Å². The normalized spacial score (nSPS) is 11.3. The van der Waals surface area contributed by atoms with E-state index in [9.17, 15) is 9.18 Å². The fourth-order valence-electron chi connectivity index (χ4n) is 0.492. The molecule has 11 heavy (non-hydrogen) atoms. The van der Waals surface area contributed by atoms with Crippen LogP contribution in [0.25, 0.3) is 0 Å². The molecule has 0 bridgehead atoms. The van der Waals surface area contributed by atoms with E-state index in [0.29, 0.717) is 23.7 Å². The van der Waals surface area contributed by atoms with Gasteiger partial charge >= 0.3 is 6.09 Å². The van der Waals surface area contributed by atoms with Crippen LogP contribution in [0.15, 0.2) is 11.9 Å². The van der Waals surface area contributed by atoms with Gasteiger partial charge in [0.2, 0.25) is 0 Å². The zero-order valence-electron chi connectivity index (χ0n) is 5.81. The monoisotopic (exact) mass is 225 g/mol. The number of hydrogen-bond acceptors (Lipinski definition) is 1. The minimum Gasteiger partial charge on any atom is -0.465 e. The molecule has 0 radical (unpaired) electrons. The predicted molar refractivity (Wildman–Crippen MR) is 43.6 cm³/mol. The van der Waals surface area contributed by atoms with Crippen molar-refractivity contribution < 1.29 is 14.3 Å². The van der Waals surface area contributed by atoms with Crippen molar-refractivity contribution in [2.24, 2.45) is 0 Å². The predicted octanol–water partition coefficient (Wildman–Crippen LogP) is 1.89. The van der Waals surface area contributed by atoms with E-state index in [1.165, 1.54) is 0 Å². The van der Waals surface area contributed by atoms with Gasteiger partial charge in [0.1, 0.15) is 0 Å². The van der Waals surface area contributed by atoms with E-state index in [4.69, 9.17) is 5.11 Å². The van der Waals surface area contributed by atoms with E-state index in [-0.39, 0.29) is 6.54 Å². The van der Waals surface area contributed by atoms with Gasteiger partial charge in [-0.3, -0.25) is 0 Å². The summed E-state index contributed by atoms with van der Waals surface area (Å²) in [4.78, 5) is 9.95. The number of amides is 1. The quantitative estimate of drug-likeness (QED) is 0.719. The Balaban J connectivity index is 3.62. The van der Waals surface area contributed by atoms with Crippen LogP contribution in [-0.4, -0.2) is 23.1 Å². The molecule has 2 N–H and O–H groups in total. The van der Waals surface area contributed by atoms with E-state index in [0.717, 1.165) is 0 Å². The molecule has 0 fully saturated rings. The summed E-state index contributed by atoms with van der Waals surface area (Å²) in [6.45, 7) is 0.0530. The van der Waals surface area contributed by atoms with Gasteiger partial charge in [0, 0.05) is 11.9 Å². The Hall–Kier alpha value is -0.580. The smallest absolute Gasteiger partial charge is 0.404 e. The molecule has 0 saturated heterocycles. The zero-order chi connectivity index (χ0) is 8.69. The van der Waals surface area contributed by atoms with Crippen LogP contribution in [0.1, 0.15) is 6.42 Å². The lowest BCUT2D eigenvalue weighted by Gasteiger charge is -2.01. The van der Waals surface area contributed by atoms with E-state index in [2.05, 4.69) is 21.2 Å². The van der Waals surface area contributed by atoms with Crippen molar-refractivity contribution in [3.05, 3.63) is 11.9 Å². The standard InChI is InChI=1S/C6H9BrFNO2/c7-2-1-5(3-8)4-9-6(10)11/h3,9H,1-2,4H2,(H,10,11)/b5-3+. The molecule has 0 aliphatic rings. The summed E-state index contributed by atoms with van der Waals surface area (Å²) in [5, 5.41) is 10.9. The van der Waals surface area contributed by atoms with Gasteiger partial charge in [-0.25, -0.2) is 9.18 Å². The second kappa shape index (κ2) is 6.15. The summed E-state index contributed by atoms with van der Waals surface area (Å²) in [6, 6.07) is 0. The summed E-state index contributed by atoms with van der Waals surface area (Å²) in [7, 11) is 0. The first-order valence-corrected chi connectivity index (χ1v) is 4.13. The average molecular weight is 226 g/mol. The molecular formula is C6H9BrFNO2. The third kappa shape index (κ3) is 5.84. The lowest BCUT2D eigenvalue weighted by atomic mass is 10.2. The fraction of sp³-hybridized carbons (Fsp3) is 0.500. The molecule has 0 unspecified atom stereocenters. The molecule has 0 aromatic heterocycles. The van der Waals surface area contributed by atoms with Crippen molar-refractivity contribution in [2.45, 2.75) is 6.42 Å². The molecule has 1 amide bonds. The van der Waals surface area contributed by atoms with Crippen molar-refractivity contribution in [1.29, 1.82) is 0 Å². The molecule has 3 nitrogen and oxygen atoms in total. The van der Waals surface area contributed by atoms with E-state index in [1.54, 1.807) is 0 Å². The number of halogens is 2. The van der Waals surface area contributed by atoms with Gasteiger partial charge in [0.25, 0.3) is 0 Å². The number of rotatable bonds is 4. The van der Waals surface area contributed by atoms with Gasteiger partial charge < -0.3 is 10.4 Å². The lowest BCUT2D eigenvalue weighted by molar-refractivity contribution is 0.195. The molecule has 0 heterocycles. The number of alkyl halides is 1.